The molecule has 1 aromatic carbocycles. The molecule has 0 N–H and O–H groups in total. The van der Waals surface area contributed by atoms with Gasteiger partial charge in [0.15, 0.2) is 11.6 Å². The molecule has 0 aliphatic rings. The largest absolute Gasteiger partial charge is 0.573 e. The summed E-state index contributed by atoms with van der Waals surface area (Å²) >= 11 is 0. The molecule has 1 rings (SSSR count). The molecule has 74 valence electrons. The van der Waals surface area contributed by atoms with E-state index in [1.165, 1.54) is 12.1 Å². The Morgan fingerprint density at radius 1 is 1.29 bits per heavy atom. The van der Waals surface area contributed by atoms with Gasteiger partial charge in [-0.2, -0.15) is 0 Å². The maximum Gasteiger partial charge on any atom is 0.573 e. The highest BCUT2D eigenvalue weighted by molar-refractivity contribution is 5.40. The third kappa shape index (κ3) is 2.39. The maximum absolute atomic E-state index is 13.0. The van der Waals surface area contributed by atoms with Gasteiger partial charge in [-0.25, -0.2) is 4.39 Å². The molecule has 0 spiro atoms. The number of alkyl halides is 3. The first kappa shape index (κ1) is 10.4. The fourth-order valence-electron chi connectivity index (χ4n) is 0.826. The summed E-state index contributed by atoms with van der Waals surface area (Å²) in [6.07, 6.45) is -0.0661. The number of hydrogen-bond donors (Lipinski definition) is 0. The second-order valence-electron chi connectivity index (χ2n) is 2.31. The molecule has 0 atom stereocenters. The summed E-state index contributed by atoms with van der Waals surface area (Å²) < 4.78 is 51.6. The Morgan fingerprint density at radius 3 is 2.43 bits per heavy atom. The Kier molecular flexibility index (Phi) is 2.65. The van der Waals surface area contributed by atoms with E-state index < -0.39 is 17.9 Å². The van der Waals surface area contributed by atoms with Crippen molar-refractivity contribution in [3.05, 3.63) is 29.6 Å². The molecule has 0 bridgehead atoms. The molecule has 0 saturated heterocycles. The molecule has 5 heteroatoms. The van der Waals surface area contributed by atoms with E-state index in [2.05, 4.69) is 4.74 Å². The van der Waals surface area contributed by atoms with Crippen LogP contribution in [0, 0.1) is 18.2 Å². The molecule has 0 aliphatic heterocycles. The summed E-state index contributed by atoms with van der Waals surface area (Å²) in [6, 6.07) is 3.21. The van der Waals surface area contributed by atoms with Crippen LogP contribution in [0.1, 0.15) is 5.56 Å². The third-order valence-corrected chi connectivity index (χ3v) is 1.34. The van der Waals surface area contributed by atoms with Crippen molar-refractivity contribution < 1.29 is 22.3 Å². The first-order chi connectivity index (χ1) is 6.44. The number of ether oxygens (including phenoxy) is 1. The van der Waals surface area contributed by atoms with Crippen LogP contribution in [0.15, 0.2) is 18.2 Å². The van der Waals surface area contributed by atoms with Gasteiger partial charge < -0.3 is 4.74 Å². The van der Waals surface area contributed by atoms with Gasteiger partial charge in [-0.05, 0) is 12.1 Å². The first-order valence-electron chi connectivity index (χ1n) is 3.45. The van der Waals surface area contributed by atoms with E-state index in [9.17, 15) is 17.6 Å². The number of benzene rings is 1. The van der Waals surface area contributed by atoms with Crippen molar-refractivity contribution in [3.63, 3.8) is 0 Å². The van der Waals surface area contributed by atoms with Gasteiger partial charge >= 0.3 is 6.36 Å². The van der Waals surface area contributed by atoms with Crippen LogP contribution in [0.5, 0.6) is 5.75 Å². The quantitative estimate of drug-likeness (QED) is 0.504. The average Bonchev–Trinajstić information content (AvgIpc) is 2.06. The lowest BCUT2D eigenvalue weighted by Gasteiger charge is -2.09. The van der Waals surface area contributed by atoms with E-state index in [0.717, 1.165) is 6.07 Å². The van der Waals surface area contributed by atoms with Crippen LogP contribution < -0.4 is 4.74 Å². The van der Waals surface area contributed by atoms with E-state index >= 15 is 0 Å². The van der Waals surface area contributed by atoms with Gasteiger partial charge in [0, 0.05) is 0 Å². The summed E-state index contributed by atoms with van der Waals surface area (Å²) in [4.78, 5) is 0. The van der Waals surface area contributed by atoms with Gasteiger partial charge in [0.25, 0.3) is 0 Å². The summed E-state index contributed by atoms with van der Waals surface area (Å²) in [5.41, 5.74) is -0.272. The lowest BCUT2D eigenvalue weighted by molar-refractivity contribution is -0.275. The predicted molar refractivity (Wildman–Crippen MR) is 41.0 cm³/mol. The number of halogens is 4. The Labute approximate surface area is 77.3 Å². The van der Waals surface area contributed by atoms with Crippen LogP contribution in [0.2, 0.25) is 0 Å². The van der Waals surface area contributed by atoms with Gasteiger partial charge in [-0.1, -0.05) is 12.0 Å². The van der Waals surface area contributed by atoms with Crippen molar-refractivity contribution in [2.75, 3.05) is 0 Å². The van der Waals surface area contributed by atoms with Crippen LogP contribution in [-0.2, 0) is 0 Å². The molecule has 0 fully saturated rings. The minimum Gasteiger partial charge on any atom is -0.403 e. The SMILES string of the molecule is C#Cc1cccc(OC(F)(F)F)c1F. The van der Waals surface area contributed by atoms with Crippen molar-refractivity contribution >= 4 is 0 Å². The fourth-order valence-corrected chi connectivity index (χ4v) is 0.826. The van der Waals surface area contributed by atoms with Crippen LogP contribution in [0.3, 0.4) is 0 Å². The smallest absolute Gasteiger partial charge is 0.403 e. The monoisotopic (exact) mass is 204 g/mol. The van der Waals surface area contributed by atoms with Crippen LogP contribution in [0.25, 0.3) is 0 Å². The summed E-state index contributed by atoms with van der Waals surface area (Å²) in [7, 11) is 0. The Balaban J connectivity index is 3.06. The molecule has 0 unspecified atom stereocenters. The van der Waals surface area contributed by atoms with E-state index in [0.29, 0.717) is 0 Å². The lowest BCUT2D eigenvalue weighted by Crippen LogP contribution is -2.18. The normalized spacial score (nSPS) is 10.8. The van der Waals surface area contributed by atoms with Crippen molar-refractivity contribution in [3.8, 4) is 18.1 Å². The van der Waals surface area contributed by atoms with Gasteiger partial charge in [0.2, 0.25) is 0 Å². The second kappa shape index (κ2) is 3.58. The number of hydrogen-bond acceptors (Lipinski definition) is 1. The third-order valence-electron chi connectivity index (χ3n) is 1.34. The highest BCUT2D eigenvalue weighted by Gasteiger charge is 2.32. The minimum absolute atomic E-state index is 0.272. The van der Waals surface area contributed by atoms with Gasteiger partial charge in [-0.15, -0.1) is 19.6 Å². The van der Waals surface area contributed by atoms with Gasteiger partial charge in [0.05, 0.1) is 5.56 Å². The number of terminal acetylenes is 1. The molecule has 0 heterocycles. The predicted octanol–water partition coefficient (Wildman–Crippen LogP) is 2.71. The van der Waals surface area contributed by atoms with Crippen molar-refractivity contribution in [1.29, 1.82) is 0 Å². The minimum atomic E-state index is -4.92. The molecule has 0 radical (unpaired) electrons. The zero-order chi connectivity index (χ0) is 10.8. The van der Waals surface area contributed by atoms with Crippen LogP contribution in [0.4, 0.5) is 17.6 Å². The van der Waals surface area contributed by atoms with Crippen molar-refractivity contribution in [1.82, 2.24) is 0 Å². The molecule has 14 heavy (non-hydrogen) atoms. The molecule has 0 amide bonds. The van der Waals surface area contributed by atoms with Gasteiger partial charge in [-0.3, -0.25) is 0 Å². The molecule has 0 aliphatic carbocycles. The first-order valence-corrected chi connectivity index (χ1v) is 3.45. The number of rotatable bonds is 1. The Morgan fingerprint density at radius 2 is 1.93 bits per heavy atom. The molecular formula is C9H4F4O. The topological polar surface area (TPSA) is 9.23 Å². The van der Waals surface area contributed by atoms with E-state index in [1.54, 1.807) is 0 Å². The standard InChI is InChI=1S/C9H4F4O/c1-2-6-4-3-5-7(8(6)10)14-9(11,12)13/h1,3-5H. The van der Waals surface area contributed by atoms with E-state index in [4.69, 9.17) is 6.42 Å². The fraction of sp³-hybridized carbons (Fsp3) is 0.111. The highest BCUT2D eigenvalue weighted by Crippen LogP contribution is 2.26. The lowest BCUT2D eigenvalue weighted by atomic mass is 10.2. The second-order valence-corrected chi connectivity index (χ2v) is 2.31. The Hall–Kier alpha value is -1.70. The highest BCUT2D eigenvalue weighted by atomic mass is 19.4. The van der Waals surface area contributed by atoms with Crippen molar-refractivity contribution in [2.24, 2.45) is 0 Å². The zero-order valence-electron chi connectivity index (χ0n) is 6.73. The van der Waals surface area contributed by atoms with Crippen LogP contribution in [-0.4, -0.2) is 6.36 Å². The van der Waals surface area contributed by atoms with E-state index in [1.807, 2.05) is 5.92 Å². The van der Waals surface area contributed by atoms with E-state index in [-0.39, 0.29) is 5.56 Å². The van der Waals surface area contributed by atoms with Crippen molar-refractivity contribution in [2.45, 2.75) is 6.36 Å². The summed E-state index contributed by atoms with van der Waals surface area (Å²) in [5, 5.41) is 0. The zero-order valence-corrected chi connectivity index (χ0v) is 6.73. The molecule has 1 aromatic rings. The summed E-state index contributed by atoms with van der Waals surface area (Å²) in [6.45, 7) is 0. The molecule has 1 nitrogen and oxygen atoms in total. The van der Waals surface area contributed by atoms with Gasteiger partial charge in [0.1, 0.15) is 0 Å². The van der Waals surface area contributed by atoms with Crippen LogP contribution >= 0.6 is 0 Å². The maximum atomic E-state index is 13.0. The average molecular weight is 204 g/mol. The summed E-state index contributed by atoms with van der Waals surface area (Å²) in [5.74, 6) is -0.212. The molecular weight excluding hydrogens is 200 g/mol. The molecule has 0 aromatic heterocycles. The molecule has 0 saturated carbocycles. The Bertz CT molecular complexity index is 375.